The molecule has 0 aliphatic heterocycles. The number of phenolic OH excluding ortho intramolecular Hbond substituents is 1. The molecule has 0 fully saturated rings. The standard InChI is InChI=1S/C19H17ClN2O4/c1-11-4-5-17-21-14(9-18(23)22(17)10-11)13(20)6-12-7-15(25-2)19(24)16(8-12)26-3/h4-10,24H,1-3H3/b13-6-. The molecule has 134 valence electrons. The first-order chi connectivity index (χ1) is 12.4. The summed E-state index contributed by atoms with van der Waals surface area (Å²) in [4.78, 5) is 16.7. The second-order valence-corrected chi connectivity index (χ2v) is 6.09. The third-order valence-electron chi connectivity index (χ3n) is 3.85. The number of methoxy groups -OCH3 is 2. The largest absolute Gasteiger partial charge is 0.502 e. The molecule has 7 heteroatoms. The second kappa shape index (κ2) is 7.09. The van der Waals surface area contributed by atoms with E-state index in [-0.39, 0.29) is 27.8 Å². The maximum Gasteiger partial charge on any atom is 0.258 e. The molecule has 26 heavy (non-hydrogen) atoms. The third-order valence-corrected chi connectivity index (χ3v) is 4.15. The number of aromatic hydroxyl groups is 1. The van der Waals surface area contributed by atoms with E-state index in [1.165, 1.54) is 24.7 Å². The quantitative estimate of drug-likeness (QED) is 0.759. The van der Waals surface area contributed by atoms with Gasteiger partial charge in [0.15, 0.2) is 11.5 Å². The van der Waals surface area contributed by atoms with Gasteiger partial charge >= 0.3 is 0 Å². The molecule has 0 spiro atoms. The van der Waals surface area contributed by atoms with E-state index in [4.69, 9.17) is 21.1 Å². The lowest BCUT2D eigenvalue weighted by Gasteiger charge is -2.10. The predicted octanol–water partition coefficient (Wildman–Crippen LogP) is 3.46. The number of ether oxygens (including phenoxy) is 2. The van der Waals surface area contributed by atoms with E-state index < -0.39 is 0 Å². The number of hydrogen-bond acceptors (Lipinski definition) is 5. The summed E-state index contributed by atoms with van der Waals surface area (Å²) < 4.78 is 11.7. The first-order valence-electron chi connectivity index (χ1n) is 7.75. The van der Waals surface area contributed by atoms with Crippen molar-refractivity contribution in [2.75, 3.05) is 14.2 Å². The first kappa shape index (κ1) is 17.8. The van der Waals surface area contributed by atoms with E-state index >= 15 is 0 Å². The molecule has 0 atom stereocenters. The van der Waals surface area contributed by atoms with Crippen molar-refractivity contribution >= 4 is 28.4 Å². The fourth-order valence-electron chi connectivity index (χ4n) is 2.55. The highest BCUT2D eigenvalue weighted by atomic mass is 35.5. The SMILES string of the molecule is COc1cc(/C=C(\Cl)c2cc(=O)n3cc(C)ccc3n2)cc(OC)c1O. The average Bonchev–Trinajstić information content (AvgIpc) is 2.63. The van der Waals surface area contributed by atoms with Gasteiger partial charge in [0.2, 0.25) is 5.75 Å². The van der Waals surface area contributed by atoms with Crippen LogP contribution < -0.4 is 15.0 Å². The summed E-state index contributed by atoms with van der Waals surface area (Å²) in [5.74, 6) is 0.407. The number of rotatable bonds is 4. The summed E-state index contributed by atoms with van der Waals surface area (Å²) in [5, 5.41) is 10.3. The summed E-state index contributed by atoms with van der Waals surface area (Å²) in [7, 11) is 2.88. The van der Waals surface area contributed by atoms with Gasteiger partial charge in [0.25, 0.3) is 5.56 Å². The third kappa shape index (κ3) is 3.36. The van der Waals surface area contributed by atoms with E-state index in [0.29, 0.717) is 16.9 Å². The van der Waals surface area contributed by atoms with Crippen molar-refractivity contribution in [3.05, 3.63) is 63.7 Å². The van der Waals surface area contributed by atoms with Gasteiger partial charge in [0.05, 0.1) is 24.9 Å². The normalized spacial score (nSPS) is 11.6. The maximum atomic E-state index is 12.3. The summed E-state index contributed by atoms with van der Waals surface area (Å²) in [5.41, 5.74) is 2.23. The van der Waals surface area contributed by atoms with Crippen LogP contribution in [0.4, 0.5) is 0 Å². The molecule has 3 rings (SSSR count). The number of fused-ring (bicyclic) bond motifs is 1. The van der Waals surface area contributed by atoms with Crippen LogP contribution in [0.5, 0.6) is 17.2 Å². The fraction of sp³-hybridized carbons (Fsp3) is 0.158. The van der Waals surface area contributed by atoms with Crippen molar-refractivity contribution in [3.63, 3.8) is 0 Å². The van der Waals surface area contributed by atoms with E-state index in [9.17, 15) is 9.90 Å². The molecule has 1 aromatic carbocycles. The molecule has 0 aliphatic carbocycles. The Kier molecular flexibility index (Phi) is 4.86. The van der Waals surface area contributed by atoms with Gasteiger partial charge in [0, 0.05) is 12.3 Å². The number of halogens is 1. The predicted molar refractivity (Wildman–Crippen MR) is 101 cm³/mol. The molecular weight excluding hydrogens is 356 g/mol. The van der Waals surface area contributed by atoms with Crippen LogP contribution in [0.15, 0.2) is 41.3 Å². The molecule has 0 saturated heterocycles. The lowest BCUT2D eigenvalue weighted by molar-refractivity contribution is 0.340. The van der Waals surface area contributed by atoms with Crippen molar-refractivity contribution in [2.24, 2.45) is 0 Å². The minimum Gasteiger partial charge on any atom is -0.502 e. The number of benzene rings is 1. The molecule has 3 aromatic rings. The molecule has 6 nitrogen and oxygen atoms in total. The Labute approximate surface area is 154 Å². The Morgan fingerprint density at radius 2 is 1.85 bits per heavy atom. The minimum atomic E-state index is -0.221. The molecule has 2 aromatic heterocycles. The molecule has 1 N–H and O–H groups in total. The Balaban J connectivity index is 2.09. The van der Waals surface area contributed by atoms with E-state index in [2.05, 4.69) is 4.98 Å². The highest BCUT2D eigenvalue weighted by Gasteiger charge is 2.12. The van der Waals surface area contributed by atoms with Gasteiger partial charge < -0.3 is 14.6 Å². The highest BCUT2D eigenvalue weighted by Crippen LogP contribution is 2.38. The number of aromatic nitrogens is 2. The van der Waals surface area contributed by atoms with Crippen LogP contribution in [0.2, 0.25) is 0 Å². The topological polar surface area (TPSA) is 73.1 Å². The van der Waals surface area contributed by atoms with Crippen LogP contribution in [0, 0.1) is 6.92 Å². The number of pyridine rings is 1. The van der Waals surface area contributed by atoms with Crippen LogP contribution in [-0.4, -0.2) is 28.7 Å². The molecule has 2 heterocycles. The van der Waals surface area contributed by atoms with Crippen LogP contribution in [0.25, 0.3) is 16.8 Å². The zero-order valence-electron chi connectivity index (χ0n) is 14.5. The fourth-order valence-corrected chi connectivity index (χ4v) is 2.77. The summed E-state index contributed by atoms with van der Waals surface area (Å²) in [6, 6.07) is 8.23. The number of hydrogen-bond donors (Lipinski definition) is 1. The van der Waals surface area contributed by atoms with Gasteiger partial charge in [0.1, 0.15) is 5.65 Å². The van der Waals surface area contributed by atoms with Crippen molar-refractivity contribution in [1.82, 2.24) is 9.38 Å². The average molecular weight is 373 g/mol. The minimum absolute atomic E-state index is 0.0966. The highest BCUT2D eigenvalue weighted by molar-refractivity contribution is 6.51. The Morgan fingerprint density at radius 1 is 1.19 bits per heavy atom. The summed E-state index contributed by atoms with van der Waals surface area (Å²) in [6.45, 7) is 1.90. The molecular formula is C19H17ClN2O4. The molecule has 0 bridgehead atoms. The Bertz CT molecular complexity index is 1050. The Hall–Kier alpha value is -2.99. The van der Waals surface area contributed by atoms with Crippen molar-refractivity contribution in [1.29, 1.82) is 0 Å². The van der Waals surface area contributed by atoms with Gasteiger partial charge in [-0.25, -0.2) is 4.98 Å². The van der Waals surface area contributed by atoms with Gasteiger partial charge in [-0.2, -0.15) is 0 Å². The van der Waals surface area contributed by atoms with E-state index in [1.54, 1.807) is 30.5 Å². The van der Waals surface area contributed by atoms with Gasteiger partial charge in [-0.1, -0.05) is 17.7 Å². The molecule has 0 amide bonds. The number of nitrogens with zero attached hydrogens (tertiary/aromatic N) is 2. The van der Waals surface area contributed by atoms with E-state index in [1.807, 2.05) is 13.0 Å². The second-order valence-electron chi connectivity index (χ2n) is 5.68. The number of phenols is 1. The van der Waals surface area contributed by atoms with Gasteiger partial charge in [-0.15, -0.1) is 0 Å². The zero-order chi connectivity index (χ0) is 18.8. The monoisotopic (exact) mass is 372 g/mol. The van der Waals surface area contributed by atoms with Crippen LogP contribution in [-0.2, 0) is 0 Å². The van der Waals surface area contributed by atoms with Crippen molar-refractivity contribution in [2.45, 2.75) is 6.92 Å². The Morgan fingerprint density at radius 3 is 2.46 bits per heavy atom. The zero-order valence-corrected chi connectivity index (χ0v) is 15.2. The summed E-state index contributed by atoms with van der Waals surface area (Å²) >= 11 is 6.38. The van der Waals surface area contributed by atoms with Crippen molar-refractivity contribution < 1.29 is 14.6 Å². The molecule has 0 radical (unpaired) electrons. The van der Waals surface area contributed by atoms with Crippen LogP contribution in [0.3, 0.4) is 0 Å². The number of aryl methyl sites for hydroxylation is 1. The van der Waals surface area contributed by atoms with Crippen molar-refractivity contribution in [3.8, 4) is 17.2 Å². The van der Waals surface area contributed by atoms with E-state index in [0.717, 1.165) is 5.56 Å². The smallest absolute Gasteiger partial charge is 0.258 e. The lowest BCUT2D eigenvalue weighted by atomic mass is 10.1. The van der Waals surface area contributed by atoms with Gasteiger partial charge in [-0.3, -0.25) is 9.20 Å². The van der Waals surface area contributed by atoms with Crippen LogP contribution in [0.1, 0.15) is 16.8 Å². The molecule has 0 unspecified atom stereocenters. The summed E-state index contributed by atoms with van der Waals surface area (Å²) in [6.07, 6.45) is 3.35. The van der Waals surface area contributed by atoms with Crippen LogP contribution >= 0.6 is 11.6 Å². The first-order valence-corrected chi connectivity index (χ1v) is 8.13. The van der Waals surface area contributed by atoms with Gasteiger partial charge in [-0.05, 0) is 42.3 Å². The lowest BCUT2D eigenvalue weighted by Crippen LogP contribution is -2.15. The molecule has 0 saturated carbocycles. The maximum absolute atomic E-state index is 12.3. The molecule has 0 aliphatic rings.